The van der Waals surface area contributed by atoms with Crippen LogP contribution >= 0.6 is 11.3 Å². The molecule has 0 amide bonds. The predicted octanol–water partition coefficient (Wildman–Crippen LogP) is 4.78. The Morgan fingerprint density at radius 2 is 2.04 bits per heavy atom. The molecule has 0 fully saturated rings. The first-order chi connectivity index (χ1) is 11.2. The first kappa shape index (κ1) is 15.1. The first-order valence-electron chi connectivity index (χ1n) is 6.98. The van der Waals surface area contributed by atoms with Crippen LogP contribution < -0.4 is 4.74 Å². The number of nitriles is 1. The summed E-state index contributed by atoms with van der Waals surface area (Å²) in [7, 11) is 1.64. The van der Waals surface area contributed by atoms with E-state index in [-0.39, 0.29) is 0 Å². The number of benzene rings is 1. The van der Waals surface area contributed by atoms with Gasteiger partial charge in [0, 0.05) is 17.0 Å². The van der Waals surface area contributed by atoms with Crippen molar-refractivity contribution >= 4 is 23.0 Å². The molecule has 3 aromatic rings. The molecule has 0 aliphatic rings. The number of furan rings is 1. The van der Waals surface area contributed by atoms with E-state index < -0.39 is 0 Å². The van der Waals surface area contributed by atoms with E-state index in [1.807, 2.05) is 48.7 Å². The van der Waals surface area contributed by atoms with Gasteiger partial charge in [0.2, 0.25) is 0 Å². The topological polar surface area (TPSA) is 59.0 Å². The molecule has 2 aromatic heterocycles. The lowest BCUT2D eigenvalue weighted by atomic mass is 10.1. The Morgan fingerprint density at radius 1 is 1.26 bits per heavy atom. The number of aryl methyl sites for hydroxylation is 1. The normalized spacial score (nSPS) is 11.3. The molecule has 114 valence electrons. The van der Waals surface area contributed by atoms with Gasteiger partial charge in [-0.1, -0.05) is 0 Å². The van der Waals surface area contributed by atoms with Crippen molar-refractivity contribution in [2.75, 3.05) is 7.11 Å². The van der Waals surface area contributed by atoms with E-state index in [2.05, 4.69) is 11.1 Å². The van der Waals surface area contributed by atoms with Crippen molar-refractivity contribution in [3.05, 3.63) is 58.3 Å². The van der Waals surface area contributed by atoms with Crippen LogP contribution in [-0.2, 0) is 0 Å². The number of hydrogen-bond acceptors (Lipinski definition) is 5. The number of rotatable bonds is 4. The maximum absolute atomic E-state index is 9.39. The standard InChI is InChI=1S/C18H14N2O2S/c1-12-3-6-16(22-12)9-14(10-19)18-20-17(11-23-18)13-4-7-15(21-2)8-5-13/h3-9,11H,1-2H3. The summed E-state index contributed by atoms with van der Waals surface area (Å²) in [5.41, 5.74) is 2.31. The third-order valence-corrected chi connectivity index (χ3v) is 4.16. The maximum atomic E-state index is 9.39. The predicted molar refractivity (Wildman–Crippen MR) is 91.0 cm³/mol. The average molecular weight is 322 g/mol. The third-order valence-electron chi connectivity index (χ3n) is 3.29. The Balaban J connectivity index is 1.90. The Labute approximate surface area is 138 Å². The molecule has 0 bridgehead atoms. The molecule has 2 heterocycles. The summed E-state index contributed by atoms with van der Waals surface area (Å²) in [5, 5.41) is 12.0. The van der Waals surface area contributed by atoms with E-state index in [4.69, 9.17) is 9.15 Å². The smallest absolute Gasteiger partial charge is 0.134 e. The van der Waals surface area contributed by atoms with E-state index in [0.717, 1.165) is 22.8 Å². The highest BCUT2D eigenvalue weighted by molar-refractivity contribution is 7.11. The zero-order chi connectivity index (χ0) is 16.2. The lowest BCUT2D eigenvalue weighted by Gasteiger charge is -2.00. The molecule has 0 spiro atoms. The van der Waals surface area contributed by atoms with Gasteiger partial charge in [-0.2, -0.15) is 5.26 Å². The zero-order valence-electron chi connectivity index (χ0n) is 12.7. The van der Waals surface area contributed by atoms with Crippen LogP contribution in [0.2, 0.25) is 0 Å². The van der Waals surface area contributed by atoms with Gasteiger partial charge in [-0.05, 0) is 43.3 Å². The fourth-order valence-electron chi connectivity index (χ4n) is 2.11. The van der Waals surface area contributed by atoms with E-state index in [1.54, 1.807) is 13.2 Å². The molecule has 0 aliphatic carbocycles. The van der Waals surface area contributed by atoms with Gasteiger partial charge in [0.1, 0.15) is 28.3 Å². The Hall–Kier alpha value is -2.84. The lowest BCUT2D eigenvalue weighted by molar-refractivity contribution is 0.415. The van der Waals surface area contributed by atoms with Crippen LogP contribution in [0.25, 0.3) is 22.9 Å². The molecule has 0 N–H and O–H groups in total. The van der Waals surface area contributed by atoms with Crippen LogP contribution in [0, 0.1) is 18.3 Å². The van der Waals surface area contributed by atoms with Gasteiger partial charge in [-0.3, -0.25) is 0 Å². The van der Waals surface area contributed by atoms with Crippen molar-refractivity contribution in [1.82, 2.24) is 4.98 Å². The first-order valence-corrected chi connectivity index (χ1v) is 7.86. The molecule has 23 heavy (non-hydrogen) atoms. The molecule has 1 aromatic carbocycles. The van der Waals surface area contributed by atoms with Gasteiger partial charge < -0.3 is 9.15 Å². The molecule has 0 unspecified atom stereocenters. The number of hydrogen-bond donors (Lipinski definition) is 0. The minimum atomic E-state index is 0.490. The van der Waals surface area contributed by atoms with E-state index in [9.17, 15) is 5.26 Å². The summed E-state index contributed by atoms with van der Waals surface area (Å²) < 4.78 is 10.6. The van der Waals surface area contributed by atoms with Crippen LogP contribution in [0.1, 0.15) is 16.5 Å². The van der Waals surface area contributed by atoms with Gasteiger partial charge >= 0.3 is 0 Å². The van der Waals surface area contributed by atoms with Gasteiger partial charge in [-0.15, -0.1) is 11.3 Å². The SMILES string of the molecule is COc1ccc(-c2csc(C(C#N)=Cc3ccc(C)o3)n2)cc1. The number of aromatic nitrogens is 1. The third kappa shape index (κ3) is 3.33. The van der Waals surface area contributed by atoms with Gasteiger partial charge in [-0.25, -0.2) is 4.98 Å². The molecule has 0 atom stereocenters. The Kier molecular flexibility index (Phi) is 4.26. The molecule has 4 nitrogen and oxygen atoms in total. The van der Waals surface area contributed by atoms with E-state index in [0.29, 0.717) is 16.3 Å². The Bertz CT molecular complexity index is 882. The monoisotopic (exact) mass is 322 g/mol. The lowest BCUT2D eigenvalue weighted by Crippen LogP contribution is -1.84. The largest absolute Gasteiger partial charge is 0.497 e. The number of ether oxygens (including phenoxy) is 1. The average Bonchev–Trinajstić information content (AvgIpc) is 3.22. The highest BCUT2D eigenvalue weighted by atomic mass is 32.1. The second-order valence-corrected chi connectivity index (χ2v) is 5.74. The number of methoxy groups -OCH3 is 1. The summed E-state index contributed by atoms with van der Waals surface area (Å²) in [6.07, 6.45) is 1.71. The quantitative estimate of drug-likeness (QED) is 0.648. The minimum Gasteiger partial charge on any atom is -0.497 e. The fraction of sp³-hybridized carbons (Fsp3) is 0.111. The maximum Gasteiger partial charge on any atom is 0.134 e. The van der Waals surface area contributed by atoms with Crippen LogP contribution in [0.3, 0.4) is 0 Å². The van der Waals surface area contributed by atoms with E-state index >= 15 is 0 Å². The summed E-state index contributed by atoms with van der Waals surface area (Å²) in [6, 6.07) is 13.6. The highest BCUT2D eigenvalue weighted by Gasteiger charge is 2.10. The number of thiazole rings is 1. The molecular weight excluding hydrogens is 308 g/mol. The van der Waals surface area contributed by atoms with Crippen LogP contribution in [0.5, 0.6) is 5.75 Å². The summed E-state index contributed by atoms with van der Waals surface area (Å²) >= 11 is 1.44. The van der Waals surface area contributed by atoms with Gasteiger partial charge in [0.05, 0.1) is 18.4 Å². The Morgan fingerprint density at radius 3 is 2.65 bits per heavy atom. The van der Waals surface area contributed by atoms with Crippen molar-refractivity contribution in [2.24, 2.45) is 0 Å². The molecule has 3 rings (SSSR count). The second-order valence-electron chi connectivity index (χ2n) is 4.88. The molecular formula is C18H14N2O2S. The molecule has 0 radical (unpaired) electrons. The van der Waals surface area contributed by atoms with Crippen molar-refractivity contribution < 1.29 is 9.15 Å². The number of allylic oxidation sites excluding steroid dienone is 1. The van der Waals surface area contributed by atoms with Crippen molar-refractivity contribution in [3.63, 3.8) is 0 Å². The number of nitrogens with zero attached hydrogens (tertiary/aromatic N) is 2. The molecule has 0 aliphatic heterocycles. The van der Waals surface area contributed by atoms with Crippen molar-refractivity contribution in [3.8, 4) is 23.1 Å². The minimum absolute atomic E-state index is 0.490. The van der Waals surface area contributed by atoms with Crippen molar-refractivity contribution in [1.29, 1.82) is 5.26 Å². The summed E-state index contributed by atoms with van der Waals surface area (Å²) in [5.74, 6) is 2.27. The van der Waals surface area contributed by atoms with Crippen LogP contribution in [-0.4, -0.2) is 12.1 Å². The zero-order valence-corrected chi connectivity index (χ0v) is 13.6. The molecule has 5 heteroatoms. The highest BCUT2D eigenvalue weighted by Crippen LogP contribution is 2.28. The van der Waals surface area contributed by atoms with Crippen molar-refractivity contribution in [2.45, 2.75) is 6.92 Å². The van der Waals surface area contributed by atoms with Crippen LogP contribution in [0.15, 0.2) is 46.2 Å². The van der Waals surface area contributed by atoms with Gasteiger partial charge in [0.25, 0.3) is 0 Å². The molecule has 0 saturated carbocycles. The van der Waals surface area contributed by atoms with Crippen LogP contribution in [0.4, 0.5) is 0 Å². The van der Waals surface area contributed by atoms with Gasteiger partial charge in [0.15, 0.2) is 0 Å². The molecule has 0 saturated heterocycles. The fourth-order valence-corrected chi connectivity index (χ4v) is 2.90. The summed E-state index contributed by atoms with van der Waals surface area (Å²) in [6.45, 7) is 1.87. The second kappa shape index (κ2) is 6.51. The summed E-state index contributed by atoms with van der Waals surface area (Å²) in [4.78, 5) is 4.56. The van der Waals surface area contributed by atoms with E-state index in [1.165, 1.54) is 11.3 Å².